The lowest BCUT2D eigenvalue weighted by atomic mass is 9.91. The molecule has 0 aromatic carbocycles. The van der Waals surface area contributed by atoms with Gasteiger partial charge in [0.2, 0.25) is 5.91 Å². The molecular weight excluding hydrogens is 506 g/mol. The number of carbonyl (C=O) groups is 1. The average molecular weight is 536 g/mol. The lowest BCUT2D eigenvalue weighted by Crippen LogP contribution is -2.45. The number of anilines is 1. The van der Waals surface area contributed by atoms with E-state index < -0.39 is 29.9 Å². The molecule has 5 rings (SSSR count). The van der Waals surface area contributed by atoms with E-state index in [1.165, 1.54) is 12.4 Å². The van der Waals surface area contributed by atoms with Crippen LogP contribution < -0.4 is 10.6 Å². The van der Waals surface area contributed by atoms with Gasteiger partial charge in [-0.1, -0.05) is 0 Å². The lowest BCUT2D eigenvalue weighted by Gasteiger charge is -2.36. The van der Waals surface area contributed by atoms with Crippen molar-refractivity contribution in [3.05, 3.63) is 48.2 Å². The maximum Gasteiger partial charge on any atom is 0.417 e. The molecule has 38 heavy (non-hydrogen) atoms. The van der Waals surface area contributed by atoms with Crippen molar-refractivity contribution in [2.24, 2.45) is 11.7 Å². The maximum absolute atomic E-state index is 14.8. The highest BCUT2D eigenvalue weighted by Crippen LogP contribution is 2.34. The van der Waals surface area contributed by atoms with Gasteiger partial charge in [-0.25, -0.2) is 14.4 Å². The van der Waals surface area contributed by atoms with Crippen LogP contribution in [0.2, 0.25) is 0 Å². The number of fused-ring (bicyclic) bond motifs is 1. The first-order valence-electron chi connectivity index (χ1n) is 12.5. The number of amides is 1. The Morgan fingerprint density at radius 3 is 2.71 bits per heavy atom. The maximum atomic E-state index is 14.8. The molecule has 1 amide bonds. The molecule has 3 aromatic heterocycles. The number of nitrogens with zero attached hydrogens (tertiary/aromatic N) is 6. The zero-order valence-corrected chi connectivity index (χ0v) is 20.6. The number of hydrogen-bond acceptors (Lipinski definition) is 7. The second-order valence-corrected chi connectivity index (χ2v) is 9.75. The fourth-order valence-electron chi connectivity index (χ4n) is 5.28. The van der Waals surface area contributed by atoms with Crippen LogP contribution in [0.25, 0.3) is 11.0 Å². The van der Waals surface area contributed by atoms with E-state index >= 15 is 0 Å². The molecule has 3 atom stereocenters. The molecular formula is C25H29F4N7O2. The quantitative estimate of drug-likeness (QED) is 0.464. The van der Waals surface area contributed by atoms with Gasteiger partial charge in [0, 0.05) is 32.0 Å². The molecule has 0 bridgehead atoms. The summed E-state index contributed by atoms with van der Waals surface area (Å²) in [5, 5.41) is 0.791. The van der Waals surface area contributed by atoms with Crippen LogP contribution in [-0.2, 0) is 22.3 Å². The van der Waals surface area contributed by atoms with E-state index in [1.54, 1.807) is 4.90 Å². The van der Waals surface area contributed by atoms with Crippen molar-refractivity contribution in [1.82, 2.24) is 24.4 Å². The van der Waals surface area contributed by atoms with E-state index in [9.17, 15) is 22.4 Å². The first-order valence-corrected chi connectivity index (χ1v) is 12.5. The van der Waals surface area contributed by atoms with Crippen LogP contribution in [0.1, 0.15) is 30.1 Å². The number of pyridine rings is 1. The Morgan fingerprint density at radius 1 is 1.16 bits per heavy atom. The van der Waals surface area contributed by atoms with Crippen molar-refractivity contribution in [2.75, 3.05) is 44.3 Å². The molecule has 204 valence electrons. The van der Waals surface area contributed by atoms with Crippen LogP contribution in [0.3, 0.4) is 0 Å². The van der Waals surface area contributed by atoms with Crippen LogP contribution in [0, 0.1) is 5.92 Å². The Hall–Kier alpha value is -3.32. The van der Waals surface area contributed by atoms with E-state index in [1.807, 2.05) is 21.7 Å². The molecule has 13 heteroatoms. The zero-order valence-electron chi connectivity index (χ0n) is 20.6. The summed E-state index contributed by atoms with van der Waals surface area (Å²) in [5.74, 6) is 0.0562. The van der Waals surface area contributed by atoms with Gasteiger partial charge in [0.1, 0.15) is 24.0 Å². The van der Waals surface area contributed by atoms with Crippen molar-refractivity contribution in [3.8, 4) is 0 Å². The number of halogens is 4. The Bertz CT molecular complexity index is 1270. The molecule has 2 aliphatic heterocycles. The SMILES string of the molecule is NC(=O)CN1CC[C@@H](CCn2ccc3c(N4CCOC[C@@H]4c4ccc(C(F)(F)F)cn4)ncnc32)[C@H](F)C1. The summed E-state index contributed by atoms with van der Waals surface area (Å²) in [6, 6.07) is 3.89. The number of carbonyl (C=O) groups excluding carboxylic acids is 1. The van der Waals surface area contributed by atoms with Gasteiger partial charge in [0.25, 0.3) is 0 Å². The van der Waals surface area contributed by atoms with Gasteiger partial charge < -0.3 is 19.9 Å². The fraction of sp³-hybridized carbons (Fsp3) is 0.520. The summed E-state index contributed by atoms with van der Waals surface area (Å²) in [6.07, 6.45) is -0.0527. The minimum Gasteiger partial charge on any atom is -0.377 e. The van der Waals surface area contributed by atoms with Gasteiger partial charge in [-0.05, 0) is 43.5 Å². The van der Waals surface area contributed by atoms with E-state index in [0.29, 0.717) is 56.2 Å². The van der Waals surface area contributed by atoms with Crippen molar-refractivity contribution in [2.45, 2.75) is 37.8 Å². The minimum absolute atomic E-state index is 0.0690. The zero-order chi connectivity index (χ0) is 26.9. The summed E-state index contributed by atoms with van der Waals surface area (Å²) in [6.45, 7) is 2.64. The van der Waals surface area contributed by atoms with Crippen LogP contribution >= 0.6 is 0 Å². The first-order chi connectivity index (χ1) is 18.2. The number of rotatable bonds is 7. The second-order valence-electron chi connectivity index (χ2n) is 9.75. The monoisotopic (exact) mass is 535 g/mol. The summed E-state index contributed by atoms with van der Waals surface area (Å²) in [5.41, 5.74) is 5.58. The Labute approximate surface area is 216 Å². The predicted molar refractivity (Wildman–Crippen MR) is 131 cm³/mol. The highest BCUT2D eigenvalue weighted by Gasteiger charge is 2.33. The fourth-order valence-corrected chi connectivity index (χ4v) is 5.28. The van der Waals surface area contributed by atoms with E-state index in [2.05, 4.69) is 15.0 Å². The van der Waals surface area contributed by atoms with Gasteiger partial charge in [-0.15, -0.1) is 0 Å². The Balaban J connectivity index is 1.32. The smallest absolute Gasteiger partial charge is 0.377 e. The topological polar surface area (TPSA) is 102 Å². The van der Waals surface area contributed by atoms with E-state index in [0.717, 1.165) is 17.6 Å². The normalized spacial score (nSPS) is 23.2. The summed E-state index contributed by atoms with van der Waals surface area (Å²) < 4.78 is 61.4. The van der Waals surface area contributed by atoms with Crippen LogP contribution in [0.15, 0.2) is 36.9 Å². The number of aromatic nitrogens is 4. The number of alkyl halides is 4. The third kappa shape index (κ3) is 5.58. The highest BCUT2D eigenvalue weighted by atomic mass is 19.4. The van der Waals surface area contributed by atoms with Gasteiger partial charge in [-0.3, -0.25) is 14.7 Å². The molecule has 0 aliphatic carbocycles. The minimum atomic E-state index is -4.46. The number of morpholine rings is 1. The predicted octanol–water partition coefficient (Wildman–Crippen LogP) is 2.96. The number of aryl methyl sites for hydroxylation is 1. The van der Waals surface area contributed by atoms with Gasteiger partial charge in [0.15, 0.2) is 0 Å². The molecule has 0 saturated carbocycles. The second kappa shape index (κ2) is 10.8. The molecule has 2 fully saturated rings. The number of hydrogen-bond donors (Lipinski definition) is 1. The molecule has 3 aromatic rings. The molecule has 2 N–H and O–H groups in total. The molecule has 0 unspecified atom stereocenters. The molecule has 5 heterocycles. The first kappa shape index (κ1) is 26.3. The standard InChI is InChI=1S/C25H29F4N7O2/c26-19-12-34(13-22(30)37)6-3-16(19)4-7-35-8-5-18-23(35)32-15-33-24(18)36-9-10-38-14-21(36)20-2-1-17(11-31-20)25(27,28)29/h1-2,5,8,11,15-16,19,21H,3-4,6-7,9-10,12-14H2,(H2,30,37)/t16-,19+,21+/m0/s1. The van der Waals surface area contributed by atoms with Crippen molar-refractivity contribution in [3.63, 3.8) is 0 Å². The van der Waals surface area contributed by atoms with Crippen LogP contribution in [-0.4, -0.2) is 75.9 Å². The van der Waals surface area contributed by atoms with Crippen molar-refractivity contribution < 1.29 is 27.1 Å². The number of nitrogens with two attached hydrogens (primary N) is 1. The summed E-state index contributed by atoms with van der Waals surface area (Å²) in [4.78, 5) is 27.9. The lowest BCUT2D eigenvalue weighted by molar-refractivity contribution is -0.137. The van der Waals surface area contributed by atoms with Gasteiger partial charge in [-0.2, -0.15) is 13.2 Å². The van der Waals surface area contributed by atoms with Gasteiger partial charge >= 0.3 is 6.18 Å². The number of likely N-dealkylation sites (tertiary alicyclic amines) is 1. The average Bonchev–Trinajstić information content (AvgIpc) is 3.31. The summed E-state index contributed by atoms with van der Waals surface area (Å²) in [7, 11) is 0. The molecule has 0 radical (unpaired) electrons. The highest BCUT2D eigenvalue weighted by molar-refractivity contribution is 5.88. The number of piperidine rings is 1. The molecule has 2 aliphatic rings. The molecule has 2 saturated heterocycles. The summed E-state index contributed by atoms with van der Waals surface area (Å²) >= 11 is 0. The van der Waals surface area contributed by atoms with E-state index in [4.69, 9.17) is 10.5 Å². The third-order valence-corrected chi connectivity index (χ3v) is 7.27. The van der Waals surface area contributed by atoms with Crippen molar-refractivity contribution in [1.29, 1.82) is 0 Å². The Morgan fingerprint density at radius 2 is 2.00 bits per heavy atom. The number of primary amides is 1. The van der Waals surface area contributed by atoms with Gasteiger partial charge in [0.05, 0.1) is 42.4 Å². The Kier molecular flexibility index (Phi) is 7.48. The van der Waals surface area contributed by atoms with Crippen LogP contribution in [0.4, 0.5) is 23.4 Å². The molecule has 0 spiro atoms. The van der Waals surface area contributed by atoms with Crippen LogP contribution in [0.5, 0.6) is 0 Å². The largest absolute Gasteiger partial charge is 0.417 e. The molecule has 9 nitrogen and oxygen atoms in total. The number of ether oxygens (including phenoxy) is 1. The van der Waals surface area contributed by atoms with Crippen molar-refractivity contribution >= 4 is 22.8 Å². The van der Waals surface area contributed by atoms with E-state index in [-0.39, 0.29) is 25.6 Å². The third-order valence-electron chi connectivity index (χ3n) is 7.27.